The maximum atomic E-state index is 11.9. The third-order valence-corrected chi connectivity index (χ3v) is 3.55. The van der Waals surface area contributed by atoms with Gasteiger partial charge in [-0.2, -0.15) is 0 Å². The molecule has 1 heterocycles. The van der Waals surface area contributed by atoms with Crippen molar-refractivity contribution < 1.29 is 14.3 Å². The van der Waals surface area contributed by atoms with E-state index in [4.69, 9.17) is 9.47 Å². The number of carbonyl (C=O) groups excluding carboxylic acids is 1. The first-order chi connectivity index (χ1) is 7.86. The Labute approximate surface area is 97.5 Å². The molecular formula is C13H22O3. The van der Waals surface area contributed by atoms with Gasteiger partial charge in [-0.3, -0.25) is 4.79 Å². The second-order valence-corrected chi connectivity index (χ2v) is 4.88. The van der Waals surface area contributed by atoms with Crippen molar-refractivity contribution in [1.82, 2.24) is 0 Å². The predicted molar refractivity (Wildman–Crippen MR) is 61.1 cm³/mol. The van der Waals surface area contributed by atoms with Crippen LogP contribution in [0.1, 0.15) is 51.4 Å². The van der Waals surface area contributed by atoms with Gasteiger partial charge >= 0.3 is 0 Å². The molecule has 16 heavy (non-hydrogen) atoms. The number of Topliss-reactive ketones (excluding diaryl/α,β-unsaturated/α-hetero) is 1. The summed E-state index contributed by atoms with van der Waals surface area (Å²) in [5.74, 6) is 0.612. The minimum atomic E-state index is -0.123. The van der Waals surface area contributed by atoms with Crippen LogP contribution >= 0.6 is 0 Å². The normalized spacial score (nSPS) is 29.8. The summed E-state index contributed by atoms with van der Waals surface area (Å²) in [4.78, 5) is 11.9. The van der Waals surface area contributed by atoms with Crippen LogP contribution in [0.2, 0.25) is 0 Å². The van der Waals surface area contributed by atoms with E-state index in [0.717, 1.165) is 45.3 Å². The Bertz CT molecular complexity index is 221. The van der Waals surface area contributed by atoms with Gasteiger partial charge in [0.15, 0.2) is 6.29 Å². The van der Waals surface area contributed by atoms with Crippen LogP contribution in [-0.4, -0.2) is 25.3 Å². The van der Waals surface area contributed by atoms with Crippen LogP contribution in [-0.2, 0) is 14.3 Å². The smallest absolute Gasteiger partial charge is 0.158 e. The molecule has 0 aromatic heterocycles. The lowest BCUT2D eigenvalue weighted by atomic mass is 9.87. The Morgan fingerprint density at radius 3 is 2.56 bits per heavy atom. The second kappa shape index (κ2) is 6.36. The number of hydrogen-bond donors (Lipinski definition) is 0. The van der Waals surface area contributed by atoms with E-state index in [9.17, 15) is 4.79 Å². The first-order valence-electron chi connectivity index (χ1n) is 6.62. The molecule has 92 valence electrons. The van der Waals surface area contributed by atoms with Crippen molar-refractivity contribution in [3.63, 3.8) is 0 Å². The molecule has 0 spiro atoms. The standard InChI is InChI=1S/C13H22O3/c14-12-7-4-2-1-3-6-11(12)10-13-15-8-5-9-16-13/h11,13H,1-10H2. The molecule has 2 aliphatic rings. The lowest BCUT2D eigenvalue weighted by Gasteiger charge is -2.27. The molecule has 0 aromatic carbocycles. The van der Waals surface area contributed by atoms with Crippen LogP contribution in [0.25, 0.3) is 0 Å². The van der Waals surface area contributed by atoms with E-state index in [-0.39, 0.29) is 12.2 Å². The maximum Gasteiger partial charge on any atom is 0.158 e. The Morgan fingerprint density at radius 2 is 1.75 bits per heavy atom. The van der Waals surface area contributed by atoms with Gasteiger partial charge in [0, 0.05) is 18.8 Å². The summed E-state index contributed by atoms with van der Waals surface area (Å²) in [6.45, 7) is 1.57. The maximum absolute atomic E-state index is 11.9. The highest BCUT2D eigenvalue weighted by molar-refractivity contribution is 5.81. The van der Waals surface area contributed by atoms with E-state index in [1.807, 2.05) is 0 Å². The average molecular weight is 226 g/mol. The quantitative estimate of drug-likeness (QED) is 0.726. The number of hydrogen-bond acceptors (Lipinski definition) is 3. The lowest BCUT2D eigenvalue weighted by molar-refractivity contribution is -0.187. The Morgan fingerprint density at radius 1 is 1.00 bits per heavy atom. The predicted octanol–water partition coefficient (Wildman–Crippen LogP) is 2.68. The van der Waals surface area contributed by atoms with Crippen LogP contribution in [0, 0.1) is 5.92 Å². The molecule has 1 unspecified atom stereocenters. The van der Waals surface area contributed by atoms with Crippen molar-refractivity contribution in [3.8, 4) is 0 Å². The molecular weight excluding hydrogens is 204 g/mol. The van der Waals surface area contributed by atoms with Gasteiger partial charge in [0.2, 0.25) is 0 Å². The van der Waals surface area contributed by atoms with Crippen LogP contribution in [0.15, 0.2) is 0 Å². The summed E-state index contributed by atoms with van der Waals surface area (Å²) >= 11 is 0. The minimum absolute atomic E-state index is 0.123. The SMILES string of the molecule is O=C1CCCCCCC1CC1OCCCO1. The van der Waals surface area contributed by atoms with E-state index < -0.39 is 0 Å². The molecule has 0 amide bonds. The fourth-order valence-corrected chi connectivity index (χ4v) is 2.56. The lowest BCUT2D eigenvalue weighted by Crippen LogP contribution is -2.30. The van der Waals surface area contributed by atoms with Crippen LogP contribution in [0.3, 0.4) is 0 Å². The number of ether oxygens (including phenoxy) is 2. The fraction of sp³-hybridized carbons (Fsp3) is 0.923. The monoisotopic (exact) mass is 226 g/mol. The Hall–Kier alpha value is -0.410. The van der Waals surface area contributed by atoms with Crippen molar-refractivity contribution >= 4 is 5.78 Å². The summed E-state index contributed by atoms with van der Waals surface area (Å²) in [6, 6.07) is 0. The Balaban J connectivity index is 1.82. The van der Waals surface area contributed by atoms with Crippen molar-refractivity contribution in [1.29, 1.82) is 0 Å². The van der Waals surface area contributed by atoms with Crippen molar-refractivity contribution in [3.05, 3.63) is 0 Å². The van der Waals surface area contributed by atoms with Gasteiger partial charge in [0.1, 0.15) is 5.78 Å². The van der Waals surface area contributed by atoms with E-state index in [2.05, 4.69) is 0 Å². The molecule has 2 rings (SSSR count). The number of ketones is 1. The van der Waals surface area contributed by atoms with Crippen LogP contribution < -0.4 is 0 Å². The molecule has 1 saturated carbocycles. The van der Waals surface area contributed by atoms with Crippen LogP contribution in [0.5, 0.6) is 0 Å². The molecule has 0 aromatic rings. The largest absolute Gasteiger partial charge is 0.353 e. The third kappa shape index (κ3) is 3.56. The van der Waals surface area contributed by atoms with Crippen molar-refractivity contribution in [2.24, 2.45) is 5.92 Å². The highest BCUT2D eigenvalue weighted by Crippen LogP contribution is 2.25. The van der Waals surface area contributed by atoms with Gasteiger partial charge in [-0.1, -0.05) is 19.3 Å². The molecule has 1 saturated heterocycles. The molecule has 0 radical (unpaired) electrons. The van der Waals surface area contributed by atoms with Gasteiger partial charge in [-0.25, -0.2) is 0 Å². The number of carbonyl (C=O) groups is 1. The molecule has 1 aliphatic heterocycles. The third-order valence-electron chi connectivity index (χ3n) is 3.55. The van der Waals surface area contributed by atoms with Gasteiger partial charge in [0.25, 0.3) is 0 Å². The molecule has 2 fully saturated rings. The zero-order valence-electron chi connectivity index (χ0n) is 9.95. The van der Waals surface area contributed by atoms with E-state index in [0.29, 0.717) is 5.78 Å². The Kier molecular flexibility index (Phi) is 4.79. The topological polar surface area (TPSA) is 35.5 Å². The van der Waals surface area contributed by atoms with Gasteiger partial charge < -0.3 is 9.47 Å². The van der Waals surface area contributed by atoms with E-state index in [1.165, 1.54) is 19.3 Å². The summed E-state index contributed by atoms with van der Waals surface area (Å²) in [7, 11) is 0. The molecule has 1 atom stereocenters. The zero-order valence-corrected chi connectivity index (χ0v) is 9.95. The van der Waals surface area contributed by atoms with Gasteiger partial charge in [0.05, 0.1) is 13.2 Å². The zero-order chi connectivity index (χ0) is 11.2. The van der Waals surface area contributed by atoms with Crippen LogP contribution in [0.4, 0.5) is 0 Å². The summed E-state index contributed by atoms with van der Waals surface area (Å²) in [5.41, 5.74) is 0. The van der Waals surface area contributed by atoms with Crippen molar-refractivity contribution in [2.75, 3.05) is 13.2 Å². The first kappa shape index (κ1) is 12.1. The molecule has 1 aliphatic carbocycles. The molecule has 3 nitrogen and oxygen atoms in total. The average Bonchev–Trinajstić information content (AvgIpc) is 2.30. The fourth-order valence-electron chi connectivity index (χ4n) is 2.56. The highest BCUT2D eigenvalue weighted by Gasteiger charge is 2.25. The second-order valence-electron chi connectivity index (χ2n) is 4.88. The molecule has 0 N–H and O–H groups in total. The summed E-state index contributed by atoms with van der Waals surface area (Å²) in [5, 5.41) is 0. The van der Waals surface area contributed by atoms with Gasteiger partial charge in [-0.15, -0.1) is 0 Å². The van der Waals surface area contributed by atoms with Crippen molar-refractivity contribution in [2.45, 2.75) is 57.7 Å². The number of rotatable bonds is 2. The van der Waals surface area contributed by atoms with E-state index >= 15 is 0 Å². The van der Waals surface area contributed by atoms with E-state index in [1.54, 1.807) is 0 Å². The summed E-state index contributed by atoms with van der Waals surface area (Å²) < 4.78 is 11.1. The molecule has 0 bridgehead atoms. The first-order valence-corrected chi connectivity index (χ1v) is 6.62. The molecule has 3 heteroatoms. The highest BCUT2D eigenvalue weighted by atomic mass is 16.7. The summed E-state index contributed by atoms with van der Waals surface area (Å²) in [6.07, 6.45) is 8.17. The van der Waals surface area contributed by atoms with Gasteiger partial charge in [-0.05, 0) is 19.3 Å². The minimum Gasteiger partial charge on any atom is -0.353 e.